The molecule has 4 aromatic rings. The molecule has 0 atom stereocenters. The van der Waals surface area contributed by atoms with Gasteiger partial charge in [0.05, 0.1) is 41.3 Å². The number of carbonyl (C=O) groups excluding carboxylic acids is 5. The van der Waals surface area contributed by atoms with E-state index >= 15 is 0 Å². The van der Waals surface area contributed by atoms with Crippen LogP contribution < -0.4 is 29.6 Å². The molecule has 0 fully saturated rings. The zero-order valence-corrected chi connectivity index (χ0v) is 38.4. The lowest BCUT2D eigenvalue weighted by Crippen LogP contribution is -2.38. The van der Waals surface area contributed by atoms with Crippen LogP contribution in [0.1, 0.15) is 73.4 Å². The number of ether oxygens (including phenoxy) is 8. The van der Waals surface area contributed by atoms with Crippen molar-refractivity contribution >= 4 is 42.1 Å². The van der Waals surface area contributed by atoms with Crippen molar-refractivity contribution in [3.8, 4) is 23.0 Å². The molecule has 21 nitrogen and oxygen atoms in total. The largest absolute Gasteiger partial charge is 0.519 e. The number of benzene rings is 2. The Morgan fingerprint density at radius 2 is 1.00 bits per heavy atom. The van der Waals surface area contributed by atoms with E-state index in [9.17, 15) is 24.0 Å². The van der Waals surface area contributed by atoms with E-state index in [4.69, 9.17) is 38.6 Å². The van der Waals surface area contributed by atoms with Crippen molar-refractivity contribution in [3.05, 3.63) is 84.4 Å². The summed E-state index contributed by atoms with van der Waals surface area (Å²) < 4.78 is 42.3. The SMILES string of the molecule is CC(C)(C)OC(=O)OC(=O)OC(C)(C)C.COc1ccc(CC(=O)NC(=N)n2cccn2)cc1OC.COc1ccc(CC(=O)NC(=NC(=O)OC(C)(C)C)n2cccn2)cc1OC. The summed E-state index contributed by atoms with van der Waals surface area (Å²) in [6.45, 7) is 15.2. The Kier molecular flexibility index (Phi) is 20.0. The van der Waals surface area contributed by atoms with Gasteiger partial charge in [0.1, 0.15) is 16.8 Å². The van der Waals surface area contributed by atoms with Crippen LogP contribution in [0.4, 0.5) is 14.4 Å². The summed E-state index contributed by atoms with van der Waals surface area (Å²) in [5.41, 5.74) is -0.636. The van der Waals surface area contributed by atoms with Gasteiger partial charge in [-0.1, -0.05) is 12.1 Å². The van der Waals surface area contributed by atoms with Crippen LogP contribution >= 0.6 is 0 Å². The van der Waals surface area contributed by atoms with Gasteiger partial charge in [-0.2, -0.15) is 10.2 Å². The van der Waals surface area contributed by atoms with E-state index in [0.29, 0.717) is 28.6 Å². The molecular formula is C43H58N8O13. The molecule has 0 aliphatic heterocycles. The lowest BCUT2D eigenvalue weighted by molar-refractivity contribution is -0.120. The minimum Gasteiger partial charge on any atom is -0.493 e. The molecule has 2 aromatic heterocycles. The van der Waals surface area contributed by atoms with Crippen molar-refractivity contribution in [1.82, 2.24) is 30.2 Å². The third-order valence-corrected chi connectivity index (χ3v) is 7.13. The van der Waals surface area contributed by atoms with Gasteiger partial charge >= 0.3 is 18.4 Å². The molecule has 0 bridgehead atoms. The number of nitrogens with one attached hydrogen (secondary N) is 3. The van der Waals surface area contributed by atoms with Crippen LogP contribution in [0.25, 0.3) is 0 Å². The Hall–Kier alpha value is -7.45. The van der Waals surface area contributed by atoms with Crippen LogP contribution in [0.3, 0.4) is 0 Å². The smallest absolute Gasteiger partial charge is 0.493 e. The number of rotatable bonds is 8. The molecule has 348 valence electrons. The molecule has 0 radical (unpaired) electrons. The fourth-order valence-electron chi connectivity index (χ4n) is 4.67. The van der Waals surface area contributed by atoms with E-state index in [1.165, 1.54) is 43.1 Å². The Morgan fingerprint density at radius 1 is 0.594 bits per heavy atom. The van der Waals surface area contributed by atoms with Gasteiger partial charge in [-0.15, -0.1) is 4.99 Å². The van der Waals surface area contributed by atoms with Crippen molar-refractivity contribution in [2.45, 2.75) is 92.0 Å². The molecule has 3 amide bonds. The predicted octanol–water partition coefficient (Wildman–Crippen LogP) is 6.31. The molecule has 2 aromatic carbocycles. The second-order valence-electron chi connectivity index (χ2n) is 16.0. The first-order valence-corrected chi connectivity index (χ1v) is 19.4. The number of aromatic nitrogens is 4. The molecule has 0 saturated heterocycles. The zero-order chi connectivity index (χ0) is 48.3. The van der Waals surface area contributed by atoms with Gasteiger partial charge in [-0.25, -0.2) is 23.7 Å². The van der Waals surface area contributed by atoms with Gasteiger partial charge in [0.15, 0.2) is 23.0 Å². The van der Waals surface area contributed by atoms with E-state index in [1.54, 1.807) is 130 Å². The molecule has 4 rings (SSSR count). The summed E-state index contributed by atoms with van der Waals surface area (Å²) >= 11 is 0. The van der Waals surface area contributed by atoms with Gasteiger partial charge in [-0.3, -0.25) is 25.6 Å². The normalized spacial score (nSPS) is 11.2. The summed E-state index contributed by atoms with van der Waals surface area (Å²) in [6, 6.07) is 13.7. The summed E-state index contributed by atoms with van der Waals surface area (Å²) in [5, 5.41) is 20.6. The maximum absolute atomic E-state index is 12.5. The Morgan fingerprint density at radius 3 is 1.38 bits per heavy atom. The minimum atomic E-state index is -1.06. The van der Waals surface area contributed by atoms with Gasteiger partial charge in [0, 0.05) is 24.8 Å². The van der Waals surface area contributed by atoms with Crippen molar-refractivity contribution < 1.29 is 61.9 Å². The lowest BCUT2D eigenvalue weighted by Gasteiger charge is -2.20. The summed E-state index contributed by atoms with van der Waals surface area (Å²) in [6.07, 6.45) is 3.40. The topological polar surface area (TPSA) is 255 Å². The quantitative estimate of drug-likeness (QED) is 0.0576. The second-order valence-corrected chi connectivity index (χ2v) is 16.0. The number of hydrogen-bond donors (Lipinski definition) is 3. The Bertz CT molecular complexity index is 2180. The summed E-state index contributed by atoms with van der Waals surface area (Å²) in [4.78, 5) is 62.3. The van der Waals surface area contributed by atoms with Crippen LogP contribution in [0.15, 0.2) is 78.3 Å². The highest BCUT2D eigenvalue weighted by Gasteiger charge is 2.24. The first-order valence-electron chi connectivity index (χ1n) is 19.4. The van der Waals surface area contributed by atoms with Gasteiger partial charge in [0.2, 0.25) is 23.7 Å². The molecule has 0 aliphatic carbocycles. The van der Waals surface area contributed by atoms with Gasteiger partial charge < -0.3 is 37.9 Å². The monoisotopic (exact) mass is 894 g/mol. The molecule has 0 spiro atoms. The molecule has 21 heteroatoms. The van der Waals surface area contributed by atoms with Crippen molar-refractivity contribution in [2.24, 2.45) is 4.99 Å². The molecular weight excluding hydrogens is 837 g/mol. The fraction of sp³-hybridized carbons (Fsp3) is 0.419. The highest BCUT2D eigenvalue weighted by Crippen LogP contribution is 2.28. The number of hydrogen-bond acceptors (Lipinski definition) is 16. The second kappa shape index (κ2) is 24.3. The van der Waals surface area contributed by atoms with Gasteiger partial charge in [-0.05, 0) is 110 Å². The van der Waals surface area contributed by atoms with Crippen LogP contribution in [-0.4, -0.2) is 107 Å². The number of carbonyl (C=O) groups is 5. The van der Waals surface area contributed by atoms with Crippen LogP contribution in [0.5, 0.6) is 23.0 Å². The fourth-order valence-corrected chi connectivity index (χ4v) is 4.67. The first kappa shape index (κ1) is 52.7. The average Bonchev–Trinajstić information content (AvgIpc) is 3.92. The van der Waals surface area contributed by atoms with Crippen LogP contribution in [0, 0.1) is 5.41 Å². The van der Waals surface area contributed by atoms with E-state index in [1.807, 2.05) is 0 Å². The lowest BCUT2D eigenvalue weighted by atomic mass is 10.1. The average molecular weight is 895 g/mol. The molecule has 0 saturated carbocycles. The maximum atomic E-state index is 12.5. The minimum absolute atomic E-state index is 0.0367. The maximum Gasteiger partial charge on any atom is 0.519 e. The third-order valence-electron chi connectivity index (χ3n) is 7.13. The van der Waals surface area contributed by atoms with Gasteiger partial charge in [0.25, 0.3) is 0 Å². The number of nitrogens with zero attached hydrogens (tertiary/aromatic N) is 5. The number of amides is 3. The zero-order valence-electron chi connectivity index (χ0n) is 38.4. The van der Waals surface area contributed by atoms with E-state index < -0.39 is 35.2 Å². The van der Waals surface area contributed by atoms with Crippen molar-refractivity contribution in [1.29, 1.82) is 5.41 Å². The van der Waals surface area contributed by atoms with E-state index in [0.717, 1.165) is 5.56 Å². The first-order chi connectivity index (χ1) is 29.8. The Labute approximate surface area is 371 Å². The highest BCUT2D eigenvalue weighted by atomic mass is 16.8. The standard InChI is InChI=1S/C19H24N4O5.C14H16N4O3.C10H18O5/c1-19(2,3)28-18(25)22-17(23-10-6-9-20-23)21-16(24)12-13-7-8-14(26-4)15(11-13)27-5;1-20-11-5-4-10(8-12(11)21-2)9-13(19)17-14(15)18-7-3-6-16-18;1-9(2,3)14-7(11)13-8(12)15-10(4,5)6/h6-11H,12H2,1-5H3,(H,21,22,24,25);3-8H,9H2,1-2H3,(H2,15,17,19);1-6H3. The predicted molar refractivity (Wildman–Crippen MR) is 233 cm³/mol. The number of aliphatic imine (C=N–C) groups is 1. The summed E-state index contributed by atoms with van der Waals surface area (Å²) in [5.74, 6) is 1.41. The molecule has 0 unspecified atom stereocenters. The van der Waals surface area contributed by atoms with E-state index in [-0.39, 0.29) is 36.6 Å². The van der Waals surface area contributed by atoms with Crippen LogP contribution in [-0.2, 0) is 41.4 Å². The molecule has 2 heterocycles. The van der Waals surface area contributed by atoms with Crippen molar-refractivity contribution in [2.75, 3.05) is 28.4 Å². The highest BCUT2D eigenvalue weighted by molar-refractivity contribution is 6.02. The molecule has 64 heavy (non-hydrogen) atoms. The van der Waals surface area contributed by atoms with Crippen molar-refractivity contribution in [3.63, 3.8) is 0 Å². The Balaban J connectivity index is 0.000000347. The number of methoxy groups -OCH3 is 4. The van der Waals surface area contributed by atoms with E-state index in [2.05, 4.69) is 30.6 Å². The third kappa shape index (κ3) is 20.4. The molecule has 3 N–H and O–H groups in total. The molecule has 0 aliphatic rings. The summed E-state index contributed by atoms with van der Waals surface area (Å²) in [7, 11) is 6.14. The van der Waals surface area contributed by atoms with Crippen LogP contribution in [0.2, 0.25) is 0 Å².